The van der Waals surface area contributed by atoms with Gasteiger partial charge in [0.1, 0.15) is 5.82 Å². The van der Waals surface area contributed by atoms with Crippen LogP contribution < -0.4 is 5.32 Å². The Morgan fingerprint density at radius 3 is 2.89 bits per heavy atom. The summed E-state index contributed by atoms with van der Waals surface area (Å²) in [5.41, 5.74) is 0.826. The molecule has 0 bridgehead atoms. The number of aromatic nitrogens is 1. The van der Waals surface area contributed by atoms with Crippen LogP contribution in [0.2, 0.25) is 0 Å². The highest BCUT2D eigenvalue weighted by Gasteiger charge is 2.42. The van der Waals surface area contributed by atoms with Crippen molar-refractivity contribution in [2.24, 2.45) is 5.41 Å². The average Bonchev–Trinajstić information content (AvgIpc) is 3.24. The smallest absolute Gasteiger partial charge is 0.254 e. The number of nitrogens with one attached hydrogen (secondary N) is 1. The second-order valence-corrected chi connectivity index (χ2v) is 8.38. The molecule has 0 saturated carbocycles. The summed E-state index contributed by atoms with van der Waals surface area (Å²) in [6.07, 6.45) is 7.49. The van der Waals surface area contributed by atoms with Crippen LogP contribution in [0.25, 0.3) is 0 Å². The summed E-state index contributed by atoms with van der Waals surface area (Å²) in [7, 11) is 1.80. The van der Waals surface area contributed by atoms with Crippen molar-refractivity contribution in [2.45, 2.75) is 44.6 Å². The molecule has 3 fully saturated rings. The number of anilines is 1. The van der Waals surface area contributed by atoms with E-state index >= 15 is 0 Å². The molecule has 4 rings (SSSR count). The molecule has 0 aliphatic carbocycles. The van der Waals surface area contributed by atoms with Crippen LogP contribution >= 0.6 is 0 Å². The van der Waals surface area contributed by atoms with Crippen LogP contribution in [0.4, 0.5) is 5.82 Å². The van der Waals surface area contributed by atoms with Crippen LogP contribution in [-0.4, -0.2) is 72.5 Å². The molecule has 4 heterocycles. The zero-order valence-electron chi connectivity index (χ0n) is 16.7. The Labute approximate surface area is 166 Å². The Bertz CT molecular complexity index is 724. The molecule has 7 nitrogen and oxygen atoms in total. The maximum absolute atomic E-state index is 12.9. The molecule has 3 aliphatic rings. The first kappa shape index (κ1) is 19.2. The lowest BCUT2D eigenvalue weighted by molar-refractivity contribution is -0.141. The second-order valence-electron chi connectivity index (χ2n) is 8.38. The summed E-state index contributed by atoms with van der Waals surface area (Å²) in [6, 6.07) is 3.57. The molecule has 1 aromatic rings. The topological polar surface area (TPSA) is 74.8 Å². The van der Waals surface area contributed by atoms with Gasteiger partial charge in [-0.1, -0.05) is 0 Å². The van der Waals surface area contributed by atoms with Gasteiger partial charge in [-0.25, -0.2) is 4.98 Å². The van der Waals surface area contributed by atoms with E-state index in [4.69, 9.17) is 4.74 Å². The predicted molar refractivity (Wildman–Crippen MR) is 106 cm³/mol. The van der Waals surface area contributed by atoms with Gasteiger partial charge in [0.2, 0.25) is 5.91 Å². The van der Waals surface area contributed by atoms with Crippen molar-refractivity contribution in [1.82, 2.24) is 14.8 Å². The standard InChI is InChI=1S/C21H30N4O3/c1-22-18-13-16(5-9-23-18)20(27)24-10-7-21(8-11-24)6-4-19(26)25(15-21)14-17-3-2-12-28-17/h5,9,13,17H,2-4,6-8,10-12,14-15H2,1H3,(H,22,23). The number of carbonyl (C=O) groups excluding carboxylic acids is 2. The quantitative estimate of drug-likeness (QED) is 0.858. The third-order valence-corrected chi connectivity index (χ3v) is 6.57. The van der Waals surface area contributed by atoms with Crippen LogP contribution in [0.5, 0.6) is 0 Å². The first-order valence-electron chi connectivity index (χ1n) is 10.4. The largest absolute Gasteiger partial charge is 0.376 e. The van der Waals surface area contributed by atoms with Gasteiger partial charge in [-0.05, 0) is 49.7 Å². The number of likely N-dealkylation sites (tertiary alicyclic amines) is 2. The van der Waals surface area contributed by atoms with Crippen molar-refractivity contribution in [1.29, 1.82) is 0 Å². The molecule has 1 aromatic heterocycles. The van der Waals surface area contributed by atoms with Crippen LogP contribution in [0.3, 0.4) is 0 Å². The number of ether oxygens (including phenoxy) is 1. The van der Waals surface area contributed by atoms with Crippen molar-refractivity contribution in [3.05, 3.63) is 23.9 Å². The van der Waals surface area contributed by atoms with Gasteiger partial charge in [0.15, 0.2) is 0 Å². The minimum absolute atomic E-state index is 0.0665. The zero-order chi connectivity index (χ0) is 19.6. The predicted octanol–water partition coefficient (Wildman–Crippen LogP) is 2.15. The van der Waals surface area contributed by atoms with Crippen molar-refractivity contribution >= 4 is 17.6 Å². The van der Waals surface area contributed by atoms with Crippen molar-refractivity contribution in [3.63, 3.8) is 0 Å². The SMILES string of the molecule is CNc1cc(C(=O)N2CCC3(CCC(=O)N(CC4CCCO4)C3)CC2)ccn1. The molecule has 28 heavy (non-hydrogen) atoms. The Morgan fingerprint density at radius 1 is 1.36 bits per heavy atom. The van der Waals surface area contributed by atoms with Crippen LogP contribution in [-0.2, 0) is 9.53 Å². The summed E-state index contributed by atoms with van der Waals surface area (Å²) >= 11 is 0. The van der Waals surface area contributed by atoms with E-state index in [9.17, 15) is 9.59 Å². The number of hydrogen-bond donors (Lipinski definition) is 1. The molecular formula is C21H30N4O3. The maximum Gasteiger partial charge on any atom is 0.254 e. The van der Waals surface area contributed by atoms with Gasteiger partial charge in [-0.15, -0.1) is 0 Å². The lowest BCUT2D eigenvalue weighted by Crippen LogP contribution is -2.53. The van der Waals surface area contributed by atoms with E-state index in [1.165, 1.54) is 0 Å². The Balaban J connectivity index is 1.37. The molecule has 1 N–H and O–H groups in total. The van der Waals surface area contributed by atoms with E-state index in [2.05, 4.69) is 10.3 Å². The Kier molecular flexibility index (Phi) is 5.53. The van der Waals surface area contributed by atoms with Gasteiger partial charge < -0.3 is 19.9 Å². The second kappa shape index (κ2) is 8.07. The first-order valence-corrected chi connectivity index (χ1v) is 10.4. The number of hydrogen-bond acceptors (Lipinski definition) is 5. The highest BCUT2D eigenvalue weighted by atomic mass is 16.5. The average molecular weight is 386 g/mol. The van der Waals surface area contributed by atoms with Crippen LogP contribution in [0, 0.1) is 5.41 Å². The summed E-state index contributed by atoms with van der Waals surface area (Å²) in [4.78, 5) is 33.4. The molecule has 3 saturated heterocycles. The van der Waals surface area contributed by atoms with Gasteiger partial charge in [-0.3, -0.25) is 9.59 Å². The highest BCUT2D eigenvalue weighted by molar-refractivity contribution is 5.94. The van der Waals surface area contributed by atoms with E-state index in [1.54, 1.807) is 25.4 Å². The molecule has 1 unspecified atom stereocenters. The molecule has 3 aliphatic heterocycles. The first-order chi connectivity index (χ1) is 13.6. The maximum atomic E-state index is 12.9. The number of carbonyl (C=O) groups is 2. The van der Waals surface area contributed by atoms with E-state index in [-0.39, 0.29) is 23.3 Å². The highest BCUT2D eigenvalue weighted by Crippen LogP contribution is 2.40. The van der Waals surface area contributed by atoms with E-state index in [1.807, 2.05) is 9.80 Å². The van der Waals surface area contributed by atoms with Crippen LogP contribution in [0.15, 0.2) is 18.3 Å². The molecule has 1 atom stereocenters. The molecule has 152 valence electrons. The van der Waals surface area contributed by atoms with Gasteiger partial charge in [0.25, 0.3) is 5.91 Å². The molecular weight excluding hydrogens is 356 g/mol. The summed E-state index contributed by atoms with van der Waals surface area (Å²) in [5.74, 6) is 1.03. The minimum atomic E-state index is 0.0665. The van der Waals surface area contributed by atoms with E-state index in [0.29, 0.717) is 17.8 Å². The lowest BCUT2D eigenvalue weighted by Gasteiger charge is -2.47. The van der Waals surface area contributed by atoms with Gasteiger partial charge in [-0.2, -0.15) is 0 Å². The fraction of sp³-hybridized carbons (Fsp3) is 0.667. The fourth-order valence-corrected chi connectivity index (χ4v) is 4.78. The number of amides is 2. The number of pyridine rings is 1. The monoisotopic (exact) mass is 386 g/mol. The third kappa shape index (κ3) is 3.99. The van der Waals surface area contributed by atoms with E-state index in [0.717, 1.165) is 64.9 Å². The van der Waals surface area contributed by atoms with Gasteiger partial charge in [0.05, 0.1) is 6.10 Å². The lowest BCUT2D eigenvalue weighted by atomic mass is 9.72. The van der Waals surface area contributed by atoms with E-state index < -0.39 is 0 Å². The van der Waals surface area contributed by atoms with Crippen molar-refractivity contribution < 1.29 is 14.3 Å². The fourth-order valence-electron chi connectivity index (χ4n) is 4.78. The normalized spacial score (nSPS) is 24.6. The number of piperidine rings is 2. The molecule has 2 amide bonds. The number of nitrogens with zero attached hydrogens (tertiary/aromatic N) is 3. The number of rotatable bonds is 4. The van der Waals surface area contributed by atoms with Crippen LogP contribution in [0.1, 0.15) is 48.9 Å². The Hall–Kier alpha value is -2.15. The van der Waals surface area contributed by atoms with Crippen molar-refractivity contribution in [3.8, 4) is 0 Å². The summed E-state index contributed by atoms with van der Waals surface area (Å²) in [5, 5.41) is 2.98. The Morgan fingerprint density at radius 2 is 2.18 bits per heavy atom. The molecule has 1 spiro atoms. The summed E-state index contributed by atoms with van der Waals surface area (Å²) < 4.78 is 5.74. The minimum Gasteiger partial charge on any atom is -0.376 e. The van der Waals surface area contributed by atoms with Gasteiger partial charge >= 0.3 is 0 Å². The molecule has 0 radical (unpaired) electrons. The third-order valence-electron chi connectivity index (χ3n) is 6.57. The zero-order valence-corrected chi connectivity index (χ0v) is 16.7. The van der Waals surface area contributed by atoms with Gasteiger partial charge in [0, 0.05) is 58.0 Å². The molecule has 7 heteroatoms. The summed E-state index contributed by atoms with van der Waals surface area (Å²) in [6.45, 7) is 3.86. The molecule has 0 aromatic carbocycles. The van der Waals surface area contributed by atoms with Crippen molar-refractivity contribution in [2.75, 3.05) is 45.2 Å².